The van der Waals surface area contributed by atoms with Crippen molar-refractivity contribution in [1.82, 2.24) is 4.90 Å². The van der Waals surface area contributed by atoms with Crippen LogP contribution in [0.4, 0.5) is 0 Å². The Kier molecular flexibility index (Phi) is 2.93. The molecule has 3 aliphatic rings. The van der Waals surface area contributed by atoms with Crippen LogP contribution in [-0.4, -0.2) is 28.2 Å². The first-order valence-electron chi connectivity index (χ1n) is 7.05. The number of nitrogens with zero attached hydrogens (tertiary/aromatic N) is 1. The molecule has 2 atom stereocenters. The van der Waals surface area contributed by atoms with Crippen molar-refractivity contribution in [3.63, 3.8) is 0 Å². The Balaban J connectivity index is 1.72. The van der Waals surface area contributed by atoms with Crippen molar-refractivity contribution in [2.75, 3.05) is 6.54 Å². The van der Waals surface area contributed by atoms with Gasteiger partial charge in [0.25, 0.3) is 0 Å². The van der Waals surface area contributed by atoms with Gasteiger partial charge in [0.15, 0.2) is 0 Å². The van der Waals surface area contributed by atoms with Crippen LogP contribution < -0.4 is 5.73 Å². The van der Waals surface area contributed by atoms with E-state index in [0.717, 1.165) is 25.7 Å². The lowest BCUT2D eigenvalue weighted by molar-refractivity contribution is -0.141. The van der Waals surface area contributed by atoms with E-state index < -0.39 is 0 Å². The second kappa shape index (κ2) is 4.27. The number of thiocarbonyl (C=S) groups is 1. The van der Waals surface area contributed by atoms with E-state index in [-0.39, 0.29) is 29.1 Å². The number of likely N-dealkylation sites (tertiary alicyclic amines) is 1. The molecule has 0 aromatic heterocycles. The third-order valence-electron chi connectivity index (χ3n) is 4.96. The van der Waals surface area contributed by atoms with Gasteiger partial charge in [-0.2, -0.15) is 0 Å². The zero-order valence-electron chi connectivity index (χ0n) is 11.2. The summed E-state index contributed by atoms with van der Waals surface area (Å²) in [6.45, 7) is 2.65. The van der Waals surface area contributed by atoms with Crippen molar-refractivity contribution >= 4 is 29.0 Å². The molecule has 0 aromatic rings. The van der Waals surface area contributed by atoms with Crippen molar-refractivity contribution < 1.29 is 9.59 Å². The van der Waals surface area contributed by atoms with E-state index in [2.05, 4.69) is 6.92 Å². The number of amides is 2. The maximum Gasteiger partial charge on any atom is 0.233 e. The number of carbonyl (C=O) groups excluding carboxylic acids is 2. The number of rotatable bonds is 4. The van der Waals surface area contributed by atoms with E-state index in [9.17, 15) is 9.59 Å². The van der Waals surface area contributed by atoms with E-state index in [1.54, 1.807) is 0 Å². The standard InChI is InChI=1S/C14H20N2O2S/c1-8-4-9-10(5-8)13(18)16(12(9)17)7-14(2-3-14)6-11(15)19/h8-10H,2-7H2,1H3,(H2,15,19). The van der Waals surface area contributed by atoms with E-state index in [4.69, 9.17) is 18.0 Å². The first-order valence-corrected chi connectivity index (χ1v) is 7.46. The van der Waals surface area contributed by atoms with Crippen LogP contribution in [0.3, 0.4) is 0 Å². The summed E-state index contributed by atoms with van der Waals surface area (Å²) < 4.78 is 0. The van der Waals surface area contributed by atoms with Crippen LogP contribution in [0.1, 0.15) is 39.0 Å². The molecule has 2 N–H and O–H groups in total. The fourth-order valence-corrected chi connectivity index (χ4v) is 4.08. The minimum absolute atomic E-state index is 0.00140. The lowest BCUT2D eigenvalue weighted by Crippen LogP contribution is -2.38. The lowest BCUT2D eigenvalue weighted by atomic mass is 10.00. The molecule has 0 radical (unpaired) electrons. The summed E-state index contributed by atoms with van der Waals surface area (Å²) in [6.07, 6.45) is 4.44. The second-order valence-corrected chi connectivity index (χ2v) is 7.22. The molecule has 4 nitrogen and oxygen atoms in total. The Bertz CT molecular complexity index is 434. The smallest absolute Gasteiger partial charge is 0.233 e. The Labute approximate surface area is 118 Å². The topological polar surface area (TPSA) is 63.4 Å². The van der Waals surface area contributed by atoms with Gasteiger partial charge in [0.05, 0.1) is 16.8 Å². The largest absolute Gasteiger partial charge is 0.393 e. The van der Waals surface area contributed by atoms with Gasteiger partial charge < -0.3 is 5.73 Å². The van der Waals surface area contributed by atoms with Crippen molar-refractivity contribution in [3.05, 3.63) is 0 Å². The van der Waals surface area contributed by atoms with Crippen LogP contribution in [-0.2, 0) is 9.59 Å². The Hall–Kier alpha value is -0.970. The average Bonchev–Trinajstić information content (AvgIpc) is 2.90. The molecule has 104 valence electrons. The molecule has 2 unspecified atom stereocenters. The molecule has 5 heteroatoms. The minimum Gasteiger partial charge on any atom is -0.393 e. The van der Waals surface area contributed by atoms with Crippen molar-refractivity contribution in [3.8, 4) is 0 Å². The normalized spacial score (nSPS) is 35.6. The minimum atomic E-state index is -0.0527. The molecular formula is C14H20N2O2S. The Morgan fingerprint density at radius 3 is 2.26 bits per heavy atom. The van der Waals surface area contributed by atoms with Crippen molar-refractivity contribution in [2.24, 2.45) is 28.9 Å². The van der Waals surface area contributed by atoms with E-state index in [0.29, 0.717) is 23.9 Å². The molecule has 2 amide bonds. The number of imide groups is 1. The first-order chi connectivity index (χ1) is 8.92. The molecule has 1 heterocycles. The number of nitrogens with two attached hydrogens (primary N) is 1. The average molecular weight is 280 g/mol. The fraction of sp³-hybridized carbons (Fsp3) is 0.786. The number of hydrogen-bond donors (Lipinski definition) is 1. The molecule has 2 aliphatic carbocycles. The maximum atomic E-state index is 12.4. The van der Waals surface area contributed by atoms with E-state index >= 15 is 0 Å². The highest BCUT2D eigenvalue weighted by Crippen LogP contribution is 2.51. The predicted molar refractivity (Wildman–Crippen MR) is 75.2 cm³/mol. The van der Waals surface area contributed by atoms with Gasteiger partial charge >= 0.3 is 0 Å². The van der Waals surface area contributed by atoms with Crippen LogP contribution in [0.15, 0.2) is 0 Å². The van der Waals surface area contributed by atoms with Crippen molar-refractivity contribution in [1.29, 1.82) is 0 Å². The summed E-state index contributed by atoms with van der Waals surface area (Å²) >= 11 is 4.97. The highest BCUT2D eigenvalue weighted by atomic mass is 32.1. The van der Waals surface area contributed by atoms with Crippen LogP contribution in [0.25, 0.3) is 0 Å². The summed E-state index contributed by atoms with van der Waals surface area (Å²) in [7, 11) is 0. The molecule has 1 saturated heterocycles. The molecule has 0 spiro atoms. The fourth-order valence-electron chi connectivity index (χ4n) is 3.77. The highest BCUT2D eigenvalue weighted by molar-refractivity contribution is 7.80. The summed E-state index contributed by atoms with van der Waals surface area (Å²) in [5.41, 5.74) is 5.62. The second-order valence-electron chi connectivity index (χ2n) is 6.70. The molecule has 0 aromatic carbocycles. The maximum absolute atomic E-state index is 12.4. The Morgan fingerprint density at radius 2 is 1.84 bits per heavy atom. The molecule has 3 fully saturated rings. The molecule has 19 heavy (non-hydrogen) atoms. The zero-order chi connectivity index (χ0) is 13.8. The van der Waals surface area contributed by atoms with Gasteiger partial charge in [-0.05, 0) is 37.0 Å². The van der Waals surface area contributed by atoms with Crippen LogP contribution in [0, 0.1) is 23.2 Å². The first kappa shape index (κ1) is 13.0. The van der Waals surface area contributed by atoms with Gasteiger partial charge in [0, 0.05) is 13.0 Å². The molecular weight excluding hydrogens is 260 g/mol. The van der Waals surface area contributed by atoms with Gasteiger partial charge in [-0.15, -0.1) is 0 Å². The summed E-state index contributed by atoms with van der Waals surface area (Å²) in [5, 5.41) is 0. The lowest BCUT2D eigenvalue weighted by Gasteiger charge is -2.23. The van der Waals surface area contributed by atoms with Crippen molar-refractivity contribution in [2.45, 2.75) is 39.0 Å². The van der Waals surface area contributed by atoms with Gasteiger partial charge in [-0.3, -0.25) is 14.5 Å². The third kappa shape index (κ3) is 2.18. The van der Waals surface area contributed by atoms with Crippen LogP contribution >= 0.6 is 12.2 Å². The molecule has 3 rings (SSSR count). The van der Waals surface area contributed by atoms with E-state index in [1.807, 2.05) is 0 Å². The van der Waals surface area contributed by atoms with Gasteiger partial charge in [-0.25, -0.2) is 0 Å². The van der Waals surface area contributed by atoms with Crippen LogP contribution in [0.5, 0.6) is 0 Å². The predicted octanol–water partition coefficient (Wildman–Crippen LogP) is 1.47. The van der Waals surface area contributed by atoms with Gasteiger partial charge in [0.1, 0.15) is 0 Å². The molecule has 0 bridgehead atoms. The van der Waals surface area contributed by atoms with Gasteiger partial charge in [-0.1, -0.05) is 19.1 Å². The summed E-state index contributed by atoms with van der Waals surface area (Å²) in [6, 6.07) is 0. The quantitative estimate of drug-likeness (QED) is 0.626. The number of hydrogen-bond acceptors (Lipinski definition) is 3. The molecule has 2 saturated carbocycles. The third-order valence-corrected chi connectivity index (χ3v) is 5.11. The van der Waals surface area contributed by atoms with Gasteiger partial charge in [0.2, 0.25) is 11.8 Å². The SMILES string of the molecule is CC1CC2C(=O)N(CC3(CC(N)=S)CC3)C(=O)C2C1. The number of fused-ring (bicyclic) bond motifs is 1. The Morgan fingerprint density at radius 1 is 1.32 bits per heavy atom. The van der Waals surface area contributed by atoms with Crippen LogP contribution in [0.2, 0.25) is 0 Å². The monoisotopic (exact) mass is 280 g/mol. The van der Waals surface area contributed by atoms with E-state index in [1.165, 1.54) is 4.90 Å². The highest BCUT2D eigenvalue weighted by Gasteiger charge is 2.55. The zero-order valence-corrected chi connectivity index (χ0v) is 12.0. The molecule has 1 aliphatic heterocycles. The number of carbonyl (C=O) groups is 2. The summed E-state index contributed by atoms with van der Waals surface area (Å²) in [5.74, 6) is 0.491. The summed E-state index contributed by atoms with van der Waals surface area (Å²) in [4.78, 5) is 26.7.